The Hall–Kier alpha value is -3.10. The second-order valence-electron chi connectivity index (χ2n) is 6.56. The van der Waals surface area contributed by atoms with Gasteiger partial charge >= 0.3 is 0 Å². The maximum atomic E-state index is 12.6. The minimum atomic E-state index is 0.0237. The van der Waals surface area contributed by atoms with E-state index in [0.29, 0.717) is 38.1 Å². The summed E-state index contributed by atoms with van der Waals surface area (Å²) in [5, 5.41) is 7.46. The number of amides is 1. The lowest BCUT2D eigenvalue weighted by Crippen LogP contribution is -2.55. The molecule has 9 heteroatoms. The molecule has 0 bridgehead atoms. The SMILES string of the molecule is CCCOc1ncccc1CNC(=NC)N1CCN(c2cnn(C)c2)C(=O)C1. The number of anilines is 1. The van der Waals surface area contributed by atoms with Gasteiger partial charge in [-0.05, 0) is 12.5 Å². The number of pyridine rings is 1. The molecule has 2 aromatic rings. The van der Waals surface area contributed by atoms with Crippen molar-refractivity contribution in [3.63, 3.8) is 0 Å². The first kappa shape index (κ1) is 19.7. The second kappa shape index (κ2) is 9.20. The van der Waals surface area contributed by atoms with Crippen LogP contribution in [0.1, 0.15) is 18.9 Å². The molecule has 28 heavy (non-hydrogen) atoms. The minimum Gasteiger partial charge on any atom is -0.477 e. The first-order valence-corrected chi connectivity index (χ1v) is 9.43. The first-order valence-electron chi connectivity index (χ1n) is 9.43. The van der Waals surface area contributed by atoms with Crippen LogP contribution in [0.4, 0.5) is 5.69 Å². The molecule has 0 aromatic carbocycles. The number of aryl methyl sites for hydroxylation is 1. The molecular weight excluding hydrogens is 358 g/mol. The molecule has 1 N–H and O–H groups in total. The summed E-state index contributed by atoms with van der Waals surface area (Å²) in [6, 6.07) is 3.86. The molecule has 1 aliphatic rings. The van der Waals surface area contributed by atoms with E-state index in [1.807, 2.05) is 30.3 Å². The topological polar surface area (TPSA) is 87.9 Å². The summed E-state index contributed by atoms with van der Waals surface area (Å²) < 4.78 is 7.40. The Morgan fingerprint density at radius 3 is 2.93 bits per heavy atom. The highest BCUT2D eigenvalue weighted by Gasteiger charge is 2.27. The van der Waals surface area contributed by atoms with Crippen molar-refractivity contribution in [3.05, 3.63) is 36.3 Å². The molecule has 9 nitrogen and oxygen atoms in total. The standard InChI is InChI=1S/C19H27N7O2/c1-4-10-28-18-15(6-5-7-21-18)11-22-19(20-2)25-8-9-26(17(27)14-25)16-12-23-24(3)13-16/h5-7,12-13H,4,8-11,14H2,1-3H3,(H,20,22). The normalized spacial score (nSPS) is 15.1. The largest absolute Gasteiger partial charge is 0.477 e. The van der Waals surface area contributed by atoms with E-state index in [1.54, 1.807) is 29.0 Å². The predicted octanol–water partition coefficient (Wildman–Crippen LogP) is 1.03. The third-order valence-electron chi connectivity index (χ3n) is 4.46. The highest BCUT2D eigenvalue weighted by molar-refractivity contribution is 5.98. The molecular formula is C19H27N7O2. The van der Waals surface area contributed by atoms with Crippen molar-refractivity contribution in [2.75, 3.05) is 38.2 Å². The van der Waals surface area contributed by atoms with E-state index in [-0.39, 0.29) is 12.5 Å². The van der Waals surface area contributed by atoms with Crippen LogP contribution in [0.15, 0.2) is 35.7 Å². The monoisotopic (exact) mass is 385 g/mol. The second-order valence-corrected chi connectivity index (χ2v) is 6.56. The van der Waals surface area contributed by atoms with Crippen molar-refractivity contribution in [1.29, 1.82) is 0 Å². The smallest absolute Gasteiger partial charge is 0.246 e. The van der Waals surface area contributed by atoms with E-state index in [0.717, 1.165) is 17.7 Å². The van der Waals surface area contributed by atoms with E-state index in [1.165, 1.54) is 0 Å². The lowest BCUT2D eigenvalue weighted by Gasteiger charge is -2.35. The third-order valence-corrected chi connectivity index (χ3v) is 4.46. The van der Waals surface area contributed by atoms with Gasteiger partial charge in [0.15, 0.2) is 5.96 Å². The Balaban J connectivity index is 1.60. The number of carbonyl (C=O) groups excluding carboxylic acids is 1. The lowest BCUT2D eigenvalue weighted by atomic mass is 10.2. The van der Waals surface area contributed by atoms with Crippen LogP contribution in [0.3, 0.4) is 0 Å². The van der Waals surface area contributed by atoms with Gasteiger partial charge in [-0.15, -0.1) is 0 Å². The molecule has 0 atom stereocenters. The molecule has 0 aliphatic carbocycles. The van der Waals surface area contributed by atoms with Crippen molar-refractivity contribution >= 4 is 17.6 Å². The molecule has 1 amide bonds. The Labute approximate surface area is 165 Å². The summed E-state index contributed by atoms with van der Waals surface area (Å²) in [5.41, 5.74) is 1.78. The fourth-order valence-corrected chi connectivity index (χ4v) is 3.07. The van der Waals surface area contributed by atoms with E-state index in [9.17, 15) is 4.79 Å². The number of guanidine groups is 1. The van der Waals surface area contributed by atoms with Crippen LogP contribution in [0.2, 0.25) is 0 Å². The average molecular weight is 385 g/mol. The van der Waals surface area contributed by atoms with Gasteiger partial charge in [0.2, 0.25) is 11.8 Å². The summed E-state index contributed by atoms with van der Waals surface area (Å²) in [7, 11) is 3.56. The van der Waals surface area contributed by atoms with Gasteiger partial charge in [0.05, 0.1) is 18.5 Å². The van der Waals surface area contributed by atoms with Crippen LogP contribution in [0, 0.1) is 0 Å². The number of piperazine rings is 1. The molecule has 0 unspecified atom stereocenters. The van der Waals surface area contributed by atoms with Gasteiger partial charge < -0.3 is 19.9 Å². The zero-order chi connectivity index (χ0) is 19.9. The molecule has 1 aliphatic heterocycles. The van der Waals surface area contributed by atoms with E-state index in [2.05, 4.69) is 27.3 Å². The summed E-state index contributed by atoms with van der Waals surface area (Å²) in [6.45, 7) is 4.75. The molecule has 1 saturated heterocycles. The van der Waals surface area contributed by atoms with Crippen LogP contribution in [0.5, 0.6) is 5.88 Å². The van der Waals surface area contributed by atoms with E-state index < -0.39 is 0 Å². The Morgan fingerprint density at radius 2 is 2.25 bits per heavy atom. The summed E-state index contributed by atoms with van der Waals surface area (Å²) in [4.78, 5) is 25.0. The van der Waals surface area contributed by atoms with Crippen molar-refractivity contribution in [2.24, 2.45) is 12.0 Å². The number of hydrogen-bond acceptors (Lipinski definition) is 5. The van der Waals surface area contributed by atoms with Gasteiger partial charge in [0, 0.05) is 51.7 Å². The van der Waals surface area contributed by atoms with E-state index in [4.69, 9.17) is 4.74 Å². The fraction of sp³-hybridized carbons (Fsp3) is 0.474. The molecule has 0 radical (unpaired) electrons. The Morgan fingerprint density at radius 1 is 1.39 bits per heavy atom. The molecule has 1 fully saturated rings. The third kappa shape index (κ3) is 4.59. The predicted molar refractivity (Wildman–Crippen MR) is 107 cm³/mol. The molecule has 150 valence electrons. The quantitative estimate of drug-likeness (QED) is 0.590. The van der Waals surface area contributed by atoms with Crippen LogP contribution in [0.25, 0.3) is 0 Å². The van der Waals surface area contributed by atoms with Crippen molar-refractivity contribution in [2.45, 2.75) is 19.9 Å². The molecule has 0 saturated carbocycles. The Bertz CT molecular complexity index is 833. The molecule has 0 spiro atoms. The lowest BCUT2D eigenvalue weighted by molar-refractivity contribution is -0.120. The van der Waals surface area contributed by atoms with Crippen LogP contribution in [-0.2, 0) is 18.4 Å². The van der Waals surface area contributed by atoms with Gasteiger partial charge in [-0.1, -0.05) is 13.0 Å². The maximum absolute atomic E-state index is 12.6. The number of nitrogens with one attached hydrogen (secondary N) is 1. The number of aliphatic imine (C=N–C) groups is 1. The highest BCUT2D eigenvalue weighted by Crippen LogP contribution is 2.17. The van der Waals surface area contributed by atoms with Crippen molar-refractivity contribution < 1.29 is 9.53 Å². The van der Waals surface area contributed by atoms with Crippen LogP contribution in [-0.4, -0.2) is 64.8 Å². The zero-order valence-electron chi connectivity index (χ0n) is 16.6. The number of nitrogens with zero attached hydrogens (tertiary/aromatic N) is 6. The summed E-state index contributed by atoms with van der Waals surface area (Å²) in [6.07, 6.45) is 6.20. The van der Waals surface area contributed by atoms with E-state index >= 15 is 0 Å². The number of hydrogen-bond donors (Lipinski definition) is 1. The van der Waals surface area contributed by atoms with Crippen molar-refractivity contribution in [1.82, 2.24) is 25.0 Å². The highest BCUT2D eigenvalue weighted by atomic mass is 16.5. The number of carbonyl (C=O) groups is 1. The minimum absolute atomic E-state index is 0.0237. The van der Waals surface area contributed by atoms with Crippen LogP contribution < -0.4 is 15.0 Å². The Kier molecular flexibility index (Phi) is 6.46. The van der Waals surface area contributed by atoms with Gasteiger partial charge in [0.1, 0.15) is 6.54 Å². The van der Waals surface area contributed by atoms with Gasteiger partial charge in [-0.2, -0.15) is 5.10 Å². The molecule has 2 aromatic heterocycles. The average Bonchev–Trinajstić information content (AvgIpc) is 3.13. The van der Waals surface area contributed by atoms with Gasteiger partial charge in [-0.25, -0.2) is 4.98 Å². The maximum Gasteiger partial charge on any atom is 0.246 e. The zero-order valence-corrected chi connectivity index (χ0v) is 16.6. The van der Waals surface area contributed by atoms with Crippen LogP contribution >= 0.6 is 0 Å². The number of aromatic nitrogens is 3. The van der Waals surface area contributed by atoms with Crippen molar-refractivity contribution in [3.8, 4) is 5.88 Å². The first-order chi connectivity index (χ1) is 13.6. The number of rotatable bonds is 6. The molecule has 3 rings (SSSR count). The van der Waals surface area contributed by atoms with Gasteiger partial charge in [0.25, 0.3) is 0 Å². The fourth-order valence-electron chi connectivity index (χ4n) is 3.07. The van der Waals surface area contributed by atoms with Gasteiger partial charge in [-0.3, -0.25) is 14.5 Å². The number of ether oxygens (including phenoxy) is 1. The summed E-state index contributed by atoms with van der Waals surface area (Å²) in [5.74, 6) is 1.34. The summed E-state index contributed by atoms with van der Waals surface area (Å²) >= 11 is 0. The molecule has 3 heterocycles.